The Balaban J connectivity index is 1.62. The van der Waals surface area contributed by atoms with Gasteiger partial charge < -0.3 is 5.32 Å². The number of thiazole rings is 1. The molecule has 0 aliphatic rings. The Labute approximate surface area is 143 Å². The average molecular weight is 336 g/mol. The first-order valence-electron chi connectivity index (χ1n) is 7.64. The molecular weight excluding hydrogens is 320 g/mol. The Morgan fingerprint density at radius 3 is 2.96 bits per heavy atom. The van der Waals surface area contributed by atoms with Gasteiger partial charge in [-0.2, -0.15) is 0 Å². The third-order valence-corrected chi connectivity index (χ3v) is 4.46. The number of pyridine rings is 1. The van der Waals surface area contributed by atoms with Gasteiger partial charge >= 0.3 is 0 Å². The van der Waals surface area contributed by atoms with Gasteiger partial charge in [0.1, 0.15) is 5.82 Å². The molecular formula is C17H16N6S. The molecule has 6 nitrogen and oxygen atoms in total. The van der Waals surface area contributed by atoms with Gasteiger partial charge in [0.2, 0.25) is 0 Å². The van der Waals surface area contributed by atoms with Gasteiger partial charge in [0, 0.05) is 47.5 Å². The van der Waals surface area contributed by atoms with Crippen LogP contribution < -0.4 is 5.32 Å². The molecule has 0 radical (unpaired) electrons. The maximum atomic E-state index is 4.64. The van der Waals surface area contributed by atoms with E-state index in [2.05, 4.69) is 32.2 Å². The van der Waals surface area contributed by atoms with Gasteiger partial charge in [0.15, 0.2) is 10.8 Å². The molecule has 0 aromatic carbocycles. The third kappa shape index (κ3) is 2.85. The normalized spacial score (nSPS) is 12.4. The van der Waals surface area contributed by atoms with E-state index in [1.165, 1.54) is 0 Å². The minimum Gasteiger partial charge on any atom is -0.362 e. The molecule has 7 heteroatoms. The lowest BCUT2D eigenvalue weighted by molar-refractivity contribution is 0.840. The van der Waals surface area contributed by atoms with Gasteiger partial charge in [0.05, 0.1) is 11.7 Å². The molecule has 0 aliphatic heterocycles. The zero-order chi connectivity index (χ0) is 16.5. The SMILES string of the molecule is Cc1cc(N[C@H](C)c2cn3ccsc3n2)nc(-c2cccnc2)n1. The summed E-state index contributed by atoms with van der Waals surface area (Å²) in [5, 5.41) is 5.44. The molecule has 0 saturated carbocycles. The van der Waals surface area contributed by atoms with Gasteiger partial charge in [-0.15, -0.1) is 11.3 Å². The zero-order valence-electron chi connectivity index (χ0n) is 13.3. The Morgan fingerprint density at radius 2 is 2.17 bits per heavy atom. The number of rotatable bonds is 4. The second-order valence-electron chi connectivity index (χ2n) is 5.58. The first-order chi connectivity index (χ1) is 11.7. The fourth-order valence-corrected chi connectivity index (χ4v) is 3.22. The number of aromatic nitrogens is 5. The smallest absolute Gasteiger partial charge is 0.193 e. The highest BCUT2D eigenvalue weighted by molar-refractivity contribution is 7.15. The van der Waals surface area contributed by atoms with Crippen molar-refractivity contribution in [1.82, 2.24) is 24.3 Å². The van der Waals surface area contributed by atoms with E-state index in [1.54, 1.807) is 23.7 Å². The molecule has 1 N–H and O–H groups in total. The number of fused-ring (bicyclic) bond motifs is 1. The highest BCUT2D eigenvalue weighted by Gasteiger charge is 2.13. The van der Waals surface area contributed by atoms with E-state index in [0.29, 0.717) is 5.82 Å². The summed E-state index contributed by atoms with van der Waals surface area (Å²) < 4.78 is 2.03. The third-order valence-electron chi connectivity index (χ3n) is 3.69. The molecule has 0 aliphatic carbocycles. The topological polar surface area (TPSA) is 68.0 Å². The summed E-state index contributed by atoms with van der Waals surface area (Å²) >= 11 is 1.63. The largest absolute Gasteiger partial charge is 0.362 e. The standard InChI is InChI=1S/C17H16N6S/c1-11-8-15(22-16(19-11)13-4-3-5-18-9-13)20-12(2)14-10-23-6-7-24-17(23)21-14/h3-10,12H,1-2H3,(H,19,20,22)/t12-/m1/s1. The molecule has 0 amide bonds. The van der Waals surface area contributed by atoms with Crippen LogP contribution in [-0.2, 0) is 0 Å². The summed E-state index contributed by atoms with van der Waals surface area (Å²) in [4.78, 5) is 18.9. The molecule has 4 aromatic heterocycles. The summed E-state index contributed by atoms with van der Waals surface area (Å²) in [6, 6.07) is 5.83. The van der Waals surface area contributed by atoms with Gasteiger partial charge in [-0.25, -0.2) is 15.0 Å². The molecule has 1 atom stereocenters. The Hall–Kier alpha value is -2.80. The Bertz CT molecular complexity index is 947. The lowest BCUT2D eigenvalue weighted by atomic mass is 10.2. The molecule has 0 unspecified atom stereocenters. The fourth-order valence-electron chi connectivity index (χ4n) is 2.52. The second kappa shape index (κ2) is 6.01. The van der Waals surface area contributed by atoms with Crippen molar-refractivity contribution in [2.45, 2.75) is 19.9 Å². The predicted molar refractivity (Wildman–Crippen MR) is 95.1 cm³/mol. The van der Waals surface area contributed by atoms with Crippen molar-refractivity contribution in [3.05, 3.63) is 59.8 Å². The molecule has 120 valence electrons. The zero-order valence-corrected chi connectivity index (χ0v) is 14.2. The van der Waals surface area contributed by atoms with Crippen molar-refractivity contribution in [2.75, 3.05) is 5.32 Å². The molecule has 0 fully saturated rings. The van der Waals surface area contributed by atoms with Crippen LogP contribution in [0.15, 0.2) is 48.4 Å². The van der Waals surface area contributed by atoms with Gasteiger partial charge in [-0.05, 0) is 26.0 Å². The van der Waals surface area contributed by atoms with Crippen molar-refractivity contribution >= 4 is 22.1 Å². The average Bonchev–Trinajstić information content (AvgIpc) is 3.17. The van der Waals surface area contributed by atoms with Crippen LogP contribution in [0.3, 0.4) is 0 Å². The van der Waals surface area contributed by atoms with E-state index in [9.17, 15) is 0 Å². The van der Waals surface area contributed by atoms with Crippen LogP contribution in [0.25, 0.3) is 16.3 Å². The van der Waals surface area contributed by atoms with Crippen LogP contribution in [0, 0.1) is 6.92 Å². The maximum absolute atomic E-state index is 4.64. The van der Waals surface area contributed by atoms with Crippen molar-refractivity contribution in [1.29, 1.82) is 0 Å². The molecule has 0 saturated heterocycles. The van der Waals surface area contributed by atoms with Crippen molar-refractivity contribution < 1.29 is 0 Å². The van der Waals surface area contributed by atoms with Crippen molar-refractivity contribution in [3.8, 4) is 11.4 Å². The first kappa shape index (κ1) is 14.8. The summed E-state index contributed by atoms with van der Waals surface area (Å²) in [6.45, 7) is 4.04. The minimum atomic E-state index is 0.0492. The highest BCUT2D eigenvalue weighted by Crippen LogP contribution is 2.22. The number of hydrogen-bond donors (Lipinski definition) is 1. The monoisotopic (exact) mass is 336 g/mol. The number of imidazole rings is 1. The van der Waals surface area contributed by atoms with E-state index >= 15 is 0 Å². The van der Waals surface area contributed by atoms with Gasteiger partial charge in [0.25, 0.3) is 0 Å². The summed E-state index contributed by atoms with van der Waals surface area (Å²) in [5.41, 5.74) is 2.80. The molecule has 4 aromatic rings. The van der Waals surface area contributed by atoms with Crippen LogP contribution in [0.5, 0.6) is 0 Å². The van der Waals surface area contributed by atoms with E-state index in [0.717, 1.165) is 27.7 Å². The van der Waals surface area contributed by atoms with E-state index in [4.69, 9.17) is 0 Å². The molecule has 0 spiro atoms. The number of nitrogens with zero attached hydrogens (tertiary/aromatic N) is 5. The predicted octanol–water partition coefficient (Wildman–Crippen LogP) is 3.73. The first-order valence-corrected chi connectivity index (χ1v) is 8.52. The maximum Gasteiger partial charge on any atom is 0.193 e. The summed E-state index contributed by atoms with van der Waals surface area (Å²) in [5.74, 6) is 1.45. The summed E-state index contributed by atoms with van der Waals surface area (Å²) in [6.07, 6.45) is 7.56. The highest BCUT2D eigenvalue weighted by atomic mass is 32.1. The lowest BCUT2D eigenvalue weighted by Gasteiger charge is -2.13. The van der Waals surface area contributed by atoms with Crippen LogP contribution >= 0.6 is 11.3 Å². The van der Waals surface area contributed by atoms with Crippen molar-refractivity contribution in [2.24, 2.45) is 0 Å². The number of anilines is 1. The quantitative estimate of drug-likeness (QED) is 0.615. The number of aryl methyl sites for hydroxylation is 1. The fraction of sp³-hybridized carbons (Fsp3) is 0.176. The lowest BCUT2D eigenvalue weighted by Crippen LogP contribution is -2.09. The van der Waals surface area contributed by atoms with Gasteiger partial charge in [-0.1, -0.05) is 0 Å². The van der Waals surface area contributed by atoms with E-state index < -0.39 is 0 Å². The van der Waals surface area contributed by atoms with Crippen LogP contribution in [-0.4, -0.2) is 24.3 Å². The molecule has 24 heavy (non-hydrogen) atoms. The summed E-state index contributed by atoms with van der Waals surface area (Å²) in [7, 11) is 0. The molecule has 4 heterocycles. The molecule has 0 bridgehead atoms. The Kier molecular flexibility index (Phi) is 3.70. The second-order valence-corrected chi connectivity index (χ2v) is 6.46. The van der Waals surface area contributed by atoms with Crippen LogP contribution in [0.4, 0.5) is 5.82 Å². The van der Waals surface area contributed by atoms with E-state index in [-0.39, 0.29) is 6.04 Å². The minimum absolute atomic E-state index is 0.0492. The number of hydrogen-bond acceptors (Lipinski definition) is 6. The van der Waals surface area contributed by atoms with Gasteiger partial charge in [-0.3, -0.25) is 9.38 Å². The van der Waals surface area contributed by atoms with E-state index in [1.807, 2.05) is 47.3 Å². The Morgan fingerprint density at radius 1 is 1.25 bits per heavy atom. The number of nitrogens with one attached hydrogen (secondary N) is 1. The van der Waals surface area contributed by atoms with Crippen LogP contribution in [0.2, 0.25) is 0 Å². The van der Waals surface area contributed by atoms with Crippen molar-refractivity contribution in [3.63, 3.8) is 0 Å². The molecule has 4 rings (SSSR count). The van der Waals surface area contributed by atoms with Crippen LogP contribution in [0.1, 0.15) is 24.4 Å².